The van der Waals surface area contributed by atoms with Crippen LogP contribution in [0.3, 0.4) is 0 Å². The van der Waals surface area contributed by atoms with Gasteiger partial charge in [0.25, 0.3) is 11.8 Å². The number of rotatable bonds is 4. The number of carbonyl (C=O) groups is 2. The predicted octanol–water partition coefficient (Wildman–Crippen LogP) is 2.36. The Morgan fingerprint density at radius 2 is 1.76 bits per heavy atom. The van der Waals surface area contributed by atoms with E-state index in [1.165, 1.54) is 0 Å². The van der Waals surface area contributed by atoms with Crippen LogP contribution in [-0.4, -0.2) is 54.8 Å². The third-order valence-electron chi connectivity index (χ3n) is 4.24. The fourth-order valence-corrected chi connectivity index (χ4v) is 2.97. The van der Waals surface area contributed by atoms with E-state index in [0.29, 0.717) is 16.8 Å². The summed E-state index contributed by atoms with van der Waals surface area (Å²) in [4.78, 5) is 28.5. The molecule has 2 heterocycles. The maximum Gasteiger partial charge on any atom is 0.287 e. The number of likely N-dealkylation sites (N-methyl/N-ethyl adjacent to an activating group) is 1. The number of nitrogens with zero attached hydrogens (tertiary/aromatic N) is 2. The lowest BCUT2D eigenvalue weighted by atomic mass is 10.1. The number of hydrogen-bond acceptors (Lipinski definition) is 4. The fraction of sp³-hybridized carbons (Fsp3) is 0.333. The van der Waals surface area contributed by atoms with Crippen molar-refractivity contribution in [3.05, 3.63) is 58.0 Å². The molecule has 132 valence electrons. The van der Waals surface area contributed by atoms with Crippen molar-refractivity contribution in [2.75, 3.05) is 33.2 Å². The van der Waals surface area contributed by atoms with Crippen molar-refractivity contribution < 1.29 is 14.0 Å². The second kappa shape index (κ2) is 7.84. The van der Waals surface area contributed by atoms with Crippen molar-refractivity contribution in [1.82, 2.24) is 15.1 Å². The van der Waals surface area contributed by atoms with Crippen molar-refractivity contribution >= 4 is 27.7 Å². The van der Waals surface area contributed by atoms with E-state index in [1.54, 1.807) is 12.1 Å². The number of amides is 2. The van der Waals surface area contributed by atoms with Crippen LogP contribution >= 0.6 is 15.9 Å². The zero-order valence-electron chi connectivity index (χ0n) is 14.0. The summed E-state index contributed by atoms with van der Waals surface area (Å²) in [6.07, 6.45) is 0. The van der Waals surface area contributed by atoms with Gasteiger partial charge in [0.15, 0.2) is 10.4 Å². The van der Waals surface area contributed by atoms with Crippen LogP contribution < -0.4 is 5.32 Å². The summed E-state index contributed by atoms with van der Waals surface area (Å²) in [6, 6.07) is 10.6. The number of hydrogen-bond donors (Lipinski definition) is 1. The largest absolute Gasteiger partial charge is 0.444 e. The fourth-order valence-electron chi connectivity index (χ4n) is 2.66. The Bertz CT molecular complexity index is 749. The molecular weight excluding hydrogens is 386 g/mol. The first-order valence-electron chi connectivity index (χ1n) is 8.13. The summed E-state index contributed by atoms with van der Waals surface area (Å²) in [5.41, 5.74) is 1.60. The Kier molecular flexibility index (Phi) is 5.55. The molecule has 25 heavy (non-hydrogen) atoms. The summed E-state index contributed by atoms with van der Waals surface area (Å²) >= 11 is 3.17. The molecule has 6 nitrogen and oxygen atoms in total. The van der Waals surface area contributed by atoms with E-state index in [9.17, 15) is 9.59 Å². The lowest BCUT2D eigenvalue weighted by Gasteiger charge is -2.32. The molecule has 1 aromatic carbocycles. The maximum atomic E-state index is 12.5. The molecule has 0 atom stereocenters. The van der Waals surface area contributed by atoms with Gasteiger partial charge < -0.3 is 19.5 Å². The van der Waals surface area contributed by atoms with E-state index in [0.717, 1.165) is 31.7 Å². The van der Waals surface area contributed by atoms with E-state index >= 15 is 0 Å². The molecular formula is C18H20BrN3O3. The number of piperazine rings is 1. The van der Waals surface area contributed by atoms with E-state index in [1.807, 2.05) is 29.2 Å². The highest BCUT2D eigenvalue weighted by Gasteiger charge is 2.20. The molecule has 0 bridgehead atoms. The standard InChI is InChI=1S/C18H20BrN3O3/c1-21-8-10-22(11-9-21)18(24)14-4-2-13(3-5-14)12-20-17(23)15-6-7-16(19)25-15/h2-7H,8-12H2,1H3,(H,20,23). The summed E-state index contributed by atoms with van der Waals surface area (Å²) in [5.74, 6) is 0.0427. The Hall–Kier alpha value is -2.12. The molecule has 7 heteroatoms. The number of furan rings is 1. The minimum Gasteiger partial charge on any atom is -0.444 e. The third kappa shape index (κ3) is 4.49. The van der Waals surface area contributed by atoms with Crippen LogP contribution in [0, 0.1) is 0 Å². The molecule has 0 radical (unpaired) electrons. The van der Waals surface area contributed by atoms with Gasteiger partial charge in [0.05, 0.1) is 0 Å². The minimum absolute atomic E-state index is 0.0594. The van der Waals surface area contributed by atoms with Crippen LogP contribution in [0.5, 0.6) is 0 Å². The molecule has 1 aromatic heterocycles. The van der Waals surface area contributed by atoms with E-state index < -0.39 is 0 Å². The number of benzene rings is 1. The van der Waals surface area contributed by atoms with Gasteiger partial charge in [-0.1, -0.05) is 12.1 Å². The van der Waals surface area contributed by atoms with Gasteiger partial charge in [0.1, 0.15) is 0 Å². The van der Waals surface area contributed by atoms with Gasteiger partial charge >= 0.3 is 0 Å². The van der Waals surface area contributed by atoms with Gasteiger partial charge in [-0.2, -0.15) is 0 Å². The second-order valence-corrected chi connectivity index (χ2v) is 6.86. The SMILES string of the molecule is CN1CCN(C(=O)c2ccc(CNC(=O)c3ccc(Br)o3)cc2)CC1. The van der Waals surface area contributed by atoms with Crippen molar-refractivity contribution in [2.24, 2.45) is 0 Å². The molecule has 0 unspecified atom stereocenters. The topological polar surface area (TPSA) is 65.8 Å². The van der Waals surface area contributed by atoms with Crippen molar-refractivity contribution in [1.29, 1.82) is 0 Å². The highest BCUT2D eigenvalue weighted by Crippen LogP contribution is 2.14. The molecule has 1 aliphatic rings. The van der Waals surface area contributed by atoms with Gasteiger partial charge in [-0.3, -0.25) is 9.59 Å². The Labute approximate surface area is 154 Å². The van der Waals surface area contributed by atoms with Gasteiger partial charge in [-0.25, -0.2) is 0 Å². The normalized spacial score (nSPS) is 15.2. The zero-order valence-corrected chi connectivity index (χ0v) is 15.6. The second-order valence-electron chi connectivity index (χ2n) is 6.08. The minimum atomic E-state index is -0.275. The highest BCUT2D eigenvalue weighted by molar-refractivity contribution is 9.10. The predicted molar refractivity (Wildman–Crippen MR) is 97.4 cm³/mol. The molecule has 1 N–H and O–H groups in total. The Morgan fingerprint density at radius 1 is 1.08 bits per heavy atom. The Balaban J connectivity index is 1.55. The summed E-state index contributed by atoms with van der Waals surface area (Å²) < 4.78 is 5.73. The molecule has 1 saturated heterocycles. The molecule has 2 aromatic rings. The summed E-state index contributed by atoms with van der Waals surface area (Å²) in [6.45, 7) is 3.69. The zero-order chi connectivity index (χ0) is 17.8. The average Bonchev–Trinajstić information content (AvgIpc) is 3.07. The first-order chi connectivity index (χ1) is 12.0. The molecule has 1 aliphatic heterocycles. The van der Waals surface area contributed by atoms with E-state index in [4.69, 9.17) is 4.42 Å². The van der Waals surface area contributed by atoms with Crippen LogP contribution in [-0.2, 0) is 6.54 Å². The molecule has 2 amide bonds. The molecule has 0 spiro atoms. The molecule has 0 aliphatic carbocycles. The van der Waals surface area contributed by atoms with Crippen molar-refractivity contribution in [3.63, 3.8) is 0 Å². The smallest absolute Gasteiger partial charge is 0.287 e. The summed E-state index contributed by atoms with van der Waals surface area (Å²) in [5, 5.41) is 2.79. The number of halogens is 1. The van der Waals surface area contributed by atoms with E-state index in [-0.39, 0.29) is 17.6 Å². The lowest BCUT2D eigenvalue weighted by molar-refractivity contribution is 0.0664. The molecule has 0 saturated carbocycles. The first-order valence-corrected chi connectivity index (χ1v) is 8.92. The van der Waals surface area contributed by atoms with Gasteiger partial charge in [-0.05, 0) is 52.8 Å². The number of nitrogens with one attached hydrogen (secondary N) is 1. The lowest BCUT2D eigenvalue weighted by Crippen LogP contribution is -2.47. The van der Waals surface area contributed by atoms with E-state index in [2.05, 4.69) is 33.2 Å². The quantitative estimate of drug-likeness (QED) is 0.847. The van der Waals surface area contributed by atoms with Crippen LogP contribution in [0.25, 0.3) is 0 Å². The van der Waals surface area contributed by atoms with Gasteiger partial charge in [0.2, 0.25) is 0 Å². The van der Waals surface area contributed by atoms with Crippen LogP contribution in [0.4, 0.5) is 0 Å². The monoisotopic (exact) mass is 405 g/mol. The third-order valence-corrected chi connectivity index (χ3v) is 4.67. The average molecular weight is 406 g/mol. The van der Waals surface area contributed by atoms with Crippen LogP contribution in [0.1, 0.15) is 26.5 Å². The first kappa shape index (κ1) is 17.7. The molecule has 3 rings (SSSR count). The van der Waals surface area contributed by atoms with Crippen LogP contribution in [0.2, 0.25) is 0 Å². The molecule has 1 fully saturated rings. The Morgan fingerprint density at radius 3 is 2.36 bits per heavy atom. The van der Waals surface area contributed by atoms with Crippen LogP contribution in [0.15, 0.2) is 45.5 Å². The number of carbonyl (C=O) groups excluding carboxylic acids is 2. The van der Waals surface area contributed by atoms with Crippen molar-refractivity contribution in [3.8, 4) is 0 Å². The van der Waals surface area contributed by atoms with Gasteiger partial charge in [0, 0.05) is 38.3 Å². The van der Waals surface area contributed by atoms with Crippen molar-refractivity contribution in [2.45, 2.75) is 6.54 Å². The highest BCUT2D eigenvalue weighted by atomic mass is 79.9. The maximum absolute atomic E-state index is 12.5. The summed E-state index contributed by atoms with van der Waals surface area (Å²) in [7, 11) is 2.06. The van der Waals surface area contributed by atoms with Gasteiger partial charge in [-0.15, -0.1) is 0 Å².